The van der Waals surface area contributed by atoms with Gasteiger partial charge in [-0.3, -0.25) is 4.79 Å². The lowest BCUT2D eigenvalue weighted by atomic mass is 10.0. The molecule has 0 aliphatic carbocycles. The fourth-order valence-electron chi connectivity index (χ4n) is 1.78. The Kier molecular flexibility index (Phi) is 4.71. The van der Waals surface area contributed by atoms with Crippen LogP contribution in [-0.4, -0.2) is 35.4 Å². The zero-order chi connectivity index (χ0) is 13.7. The van der Waals surface area contributed by atoms with E-state index < -0.39 is 0 Å². The molecule has 1 amide bonds. The van der Waals surface area contributed by atoms with E-state index in [2.05, 4.69) is 5.16 Å². The van der Waals surface area contributed by atoms with Crippen molar-refractivity contribution in [2.24, 2.45) is 10.9 Å². The quantitative estimate of drug-likeness (QED) is 0.367. The Balaban J connectivity index is 2.81. The predicted octanol–water partition coefficient (Wildman–Crippen LogP) is 1.51. The molecule has 0 atom stereocenters. The molecule has 0 aliphatic heterocycles. The van der Waals surface area contributed by atoms with Gasteiger partial charge < -0.3 is 15.8 Å². The van der Waals surface area contributed by atoms with E-state index in [-0.39, 0.29) is 11.7 Å². The molecule has 98 valence electrons. The number of rotatable bonds is 4. The monoisotopic (exact) mass is 249 g/mol. The first kappa shape index (κ1) is 14.0. The summed E-state index contributed by atoms with van der Waals surface area (Å²) >= 11 is 0. The smallest absolute Gasteiger partial charge is 0.254 e. The Morgan fingerprint density at radius 1 is 1.39 bits per heavy atom. The number of nitrogens with two attached hydrogens (primary N) is 1. The van der Waals surface area contributed by atoms with Crippen LogP contribution in [0.2, 0.25) is 0 Å². The summed E-state index contributed by atoms with van der Waals surface area (Å²) in [6.07, 6.45) is 0.351. The number of amides is 1. The van der Waals surface area contributed by atoms with Gasteiger partial charge in [0, 0.05) is 25.6 Å². The normalized spacial score (nSPS) is 11.4. The summed E-state index contributed by atoms with van der Waals surface area (Å²) in [5.74, 6) is 0.0764. The number of benzene rings is 1. The number of oxime groups is 1. The van der Waals surface area contributed by atoms with Crippen LogP contribution in [0.25, 0.3) is 0 Å². The first-order valence-corrected chi connectivity index (χ1v) is 5.75. The highest BCUT2D eigenvalue weighted by molar-refractivity contribution is 5.97. The first-order chi connectivity index (χ1) is 8.47. The fourth-order valence-corrected chi connectivity index (χ4v) is 1.78. The molecular weight excluding hydrogens is 230 g/mol. The third-order valence-corrected chi connectivity index (χ3v) is 2.87. The summed E-state index contributed by atoms with van der Waals surface area (Å²) in [7, 11) is 1.71. The molecule has 0 saturated heterocycles. The summed E-state index contributed by atoms with van der Waals surface area (Å²) in [5, 5.41) is 11.3. The van der Waals surface area contributed by atoms with E-state index in [1.54, 1.807) is 11.9 Å². The molecule has 0 aliphatic rings. The fraction of sp³-hybridized carbons (Fsp3) is 0.385. The molecule has 18 heavy (non-hydrogen) atoms. The van der Waals surface area contributed by atoms with Crippen molar-refractivity contribution in [3.05, 3.63) is 34.9 Å². The van der Waals surface area contributed by atoms with Crippen LogP contribution in [0.1, 0.15) is 27.9 Å². The van der Waals surface area contributed by atoms with Crippen molar-refractivity contribution in [1.29, 1.82) is 0 Å². The average molecular weight is 249 g/mol. The van der Waals surface area contributed by atoms with Gasteiger partial charge in [0.25, 0.3) is 5.91 Å². The molecule has 5 nitrogen and oxygen atoms in total. The molecule has 0 heterocycles. The first-order valence-electron chi connectivity index (χ1n) is 5.75. The van der Waals surface area contributed by atoms with Gasteiger partial charge in [0.05, 0.1) is 0 Å². The molecule has 1 aromatic rings. The highest BCUT2D eigenvalue weighted by Crippen LogP contribution is 2.15. The van der Waals surface area contributed by atoms with Crippen molar-refractivity contribution < 1.29 is 10.0 Å². The lowest BCUT2D eigenvalue weighted by Crippen LogP contribution is -2.31. The van der Waals surface area contributed by atoms with Crippen molar-refractivity contribution in [1.82, 2.24) is 4.90 Å². The standard InChI is InChI=1S/C13H19N3O2/c1-9-5-4-6-10(2)12(9)13(17)16(3)8-7-11(14)15-18/h4-6,18H,7-8H2,1-3H3,(H2,14,15). The molecular formula is C13H19N3O2. The number of hydrogen-bond donors (Lipinski definition) is 2. The second-order valence-electron chi connectivity index (χ2n) is 4.33. The van der Waals surface area contributed by atoms with Gasteiger partial charge in [-0.05, 0) is 25.0 Å². The molecule has 0 unspecified atom stereocenters. The van der Waals surface area contributed by atoms with Gasteiger partial charge in [0.15, 0.2) is 0 Å². The second-order valence-corrected chi connectivity index (χ2v) is 4.33. The van der Waals surface area contributed by atoms with Gasteiger partial charge in [0.2, 0.25) is 0 Å². The van der Waals surface area contributed by atoms with Crippen LogP contribution < -0.4 is 5.73 Å². The summed E-state index contributed by atoms with van der Waals surface area (Å²) in [6.45, 7) is 4.25. The summed E-state index contributed by atoms with van der Waals surface area (Å²) in [6, 6.07) is 5.76. The maximum atomic E-state index is 12.3. The highest BCUT2D eigenvalue weighted by Gasteiger charge is 2.16. The number of amidine groups is 1. The minimum Gasteiger partial charge on any atom is -0.409 e. The molecule has 0 radical (unpaired) electrons. The molecule has 5 heteroatoms. The van der Waals surface area contributed by atoms with Crippen LogP contribution in [0.15, 0.2) is 23.4 Å². The molecule has 3 N–H and O–H groups in total. The van der Waals surface area contributed by atoms with E-state index in [0.717, 1.165) is 16.7 Å². The summed E-state index contributed by atoms with van der Waals surface area (Å²) in [5.41, 5.74) is 8.01. The maximum absolute atomic E-state index is 12.3. The second kappa shape index (κ2) is 6.05. The minimum atomic E-state index is -0.0451. The molecule has 0 bridgehead atoms. The third-order valence-electron chi connectivity index (χ3n) is 2.87. The van der Waals surface area contributed by atoms with Gasteiger partial charge in [-0.15, -0.1) is 0 Å². The average Bonchev–Trinajstić information content (AvgIpc) is 2.34. The number of hydrogen-bond acceptors (Lipinski definition) is 3. The van der Waals surface area contributed by atoms with Gasteiger partial charge in [0.1, 0.15) is 5.84 Å². The number of carbonyl (C=O) groups is 1. The van der Waals surface area contributed by atoms with Gasteiger partial charge in [-0.1, -0.05) is 23.4 Å². The van der Waals surface area contributed by atoms with E-state index in [1.807, 2.05) is 32.0 Å². The summed E-state index contributed by atoms with van der Waals surface area (Å²) in [4.78, 5) is 13.8. The van der Waals surface area contributed by atoms with Gasteiger partial charge >= 0.3 is 0 Å². The van der Waals surface area contributed by atoms with Gasteiger partial charge in [-0.25, -0.2) is 0 Å². The van der Waals surface area contributed by atoms with E-state index in [9.17, 15) is 4.79 Å². The molecule has 1 aromatic carbocycles. The Morgan fingerprint density at radius 3 is 2.44 bits per heavy atom. The predicted molar refractivity (Wildman–Crippen MR) is 70.9 cm³/mol. The molecule has 0 fully saturated rings. The van der Waals surface area contributed by atoms with Crippen LogP contribution in [0.3, 0.4) is 0 Å². The molecule has 1 rings (SSSR count). The Morgan fingerprint density at radius 2 is 1.94 bits per heavy atom. The van der Waals surface area contributed by atoms with Crippen LogP contribution in [0.4, 0.5) is 0 Å². The Hall–Kier alpha value is -2.04. The van der Waals surface area contributed by atoms with E-state index >= 15 is 0 Å². The van der Waals surface area contributed by atoms with Crippen molar-refractivity contribution >= 4 is 11.7 Å². The molecule has 0 saturated carbocycles. The topological polar surface area (TPSA) is 78.9 Å². The Labute approximate surface area is 107 Å². The van der Waals surface area contributed by atoms with E-state index in [1.165, 1.54) is 0 Å². The van der Waals surface area contributed by atoms with Crippen LogP contribution in [0.5, 0.6) is 0 Å². The summed E-state index contributed by atoms with van der Waals surface area (Å²) < 4.78 is 0. The number of aryl methyl sites for hydroxylation is 2. The Bertz CT molecular complexity index is 449. The third kappa shape index (κ3) is 3.23. The zero-order valence-electron chi connectivity index (χ0n) is 11.0. The largest absolute Gasteiger partial charge is 0.409 e. The van der Waals surface area contributed by atoms with Crippen molar-refractivity contribution in [2.75, 3.05) is 13.6 Å². The molecule has 0 spiro atoms. The van der Waals surface area contributed by atoms with Crippen molar-refractivity contribution in [3.8, 4) is 0 Å². The lowest BCUT2D eigenvalue weighted by Gasteiger charge is -2.19. The van der Waals surface area contributed by atoms with Crippen LogP contribution >= 0.6 is 0 Å². The molecule has 0 aromatic heterocycles. The highest BCUT2D eigenvalue weighted by atomic mass is 16.4. The number of nitrogens with zero attached hydrogens (tertiary/aromatic N) is 2. The SMILES string of the molecule is Cc1cccc(C)c1C(=O)N(C)CC/C(N)=N/O. The van der Waals surface area contributed by atoms with Crippen molar-refractivity contribution in [3.63, 3.8) is 0 Å². The maximum Gasteiger partial charge on any atom is 0.254 e. The van der Waals surface area contributed by atoms with E-state index in [0.29, 0.717) is 13.0 Å². The van der Waals surface area contributed by atoms with Crippen LogP contribution in [-0.2, 0) is 0 Å². The lowest BCUT2D eigenvalue weighted by molar-refractivity contribution is 0.0797. The number of carbonyl (C=O) groups excluding carboxylic acids is 1. The van der Waals surface area contributed by atoms with E-state index in [4.69, 9.17) is 10.9 Å². The van der Waals surface area contributed by atoms with Crippen molar-refractivity contribution in [2.45, 2.75) is 20.3 Å². The zero-order valence-corrected chi connectivity index (χ0v) is 11.0. The minimum absolute atomic E-state index is 0.0451. The van der Waals surface area contributed by atoms with Crippen LogP contribution in [0, 0.1) is 13.8 Å². The van der Waals surface area contributed by atoms with Gasteiger partial charge in [-0.2, -0.15) is 0 Å².